The maximum atomic E-state index is 12.8. The number of ether oxygens (including phenoxy) is 2. The van der Waals surface area contributed by atoms with Gasteiger partial charge in [0.15, 0.2) is 6.10 Å². The predicted molar refractivity (Wildman–Crippen MR) is 93.3 cm³/mol. The van der Waals surface area contributed by atoms with Crippen LogP contribution in [0.2, 0.25) is 0 Å². The summed E-state index contributed by atoms with van der Waals surface area (Å²) in [5.41, 5.74) is 2.57. The summed E-state index contributed by atoms with van der Waals surface area (Å²) in [5.74, 6) is 1.52. The third kappa shape index (κ3) is 3.53. The van der Waals surface area contributed by atoms with Crippen LogP contribution in [0, 0.1) is 0 Å². The maximum Gasteiger partial charge on any atom is 0.263 e. The Morgan fingerprint density at radius 1 is 1.08 bits per heavy atom. The van der Waals surface area contributed by atoms with Crippen LogP contribution >= 0.6 is 0 Å². The second kappa shape index (κ2) is 7.39. The van der Waals surface area contributed by atoms with Gasteiger partial charge in [0, 0.05) is 13.1 Å². The molecule has 0 saturated carbocycles. The summed E-state index contributed by atoms with van der Waals surface area (Å²) >= 11 is 0. The van der Waals surface area contributed by atoms with Crippen molar-refractivity contribution in [3.8, 4) is 11.5 Å². The van der Waals surface area contributed by atoms with Crippen LogP contribution in [-0.4, -0.2) is 30.6 Å². The lowest BCUT2D eigenvalue weighted by Crippen LogP contribution is -2.44. The molecule has 0 aromatic heterocycles. The minimum absolute atomic E-state index is 0.0582. The van der Waals surface area contributed by atoms with Crippen molar-refractivity contribution in [2.45, 2.75) is 32.4 Å². The number of amides is 1. The number of hydrogen-bond donors (Lipinski definition) is 0. The zero-order chi connectivity index (χ0) is 16.9. The van der Waals surface area contributed by atoms with Gasteiger partial charge in [-0.25, -0.2) is 0 Å². The first-order valence-corrected chi connectivity index (χ1v) is 8.37. The average molecular weight is 325 g/mol. The number of carbonyl (C=O) groups excluding carboxylic acids is 1. The molecule has 0 bridgehead atoms. The van der Waals surface area contributed by atoms with Gasteiger partial charge in [0.1, 0.15) is 11.5 Å². The summed E-state index contributed by atoms with van der Waals surface area (Å²) in [6.45, 7) is 3.39. The largest absolute Gasteiger partial charge is 0.497 e. The van der Waals surface area contributed by atoms with E-state index in [2.05, 4.69) is 18.2 Å². The van der Waals surface area contributed by atoms with Crippen LogP contribution in [0.1, 0.15) is 24.5 Å². The Hall–Kier alpha value is -2.49. The molecule has 1 aliphatic heterocycles. The molecular weight excluding hydrogens is 302 g/mol. The fourth-order valence-electron chi connectivity index (χ4n) is 3.01. The summed E-state index contributed by atoms with van der Waals surface area (Å²) in [5, 5.41) is 0. The van der Waals surface area contributed by atoms with E-state index in [0.29, 0.717) is 18.7 Å². The Morgan fingerprint density at radius 3 is 2.42 bits per heavy atom. The predicted octanol–water partition coefficient (Wildman–Crippen LogP) is 3.44. The number of rotatable bonds is 5. The van der Waals surface area contributed by atoms with E-state index < -0.39 is 6.10 Å². The molecule has 1 aliphatic rings. The minimum atomic E-state index is -0.455. The Balaban J connectivity index is 1.68. The lowest BCUT2D eigenvalue weighted by atomic mass is 9.99. The Bertz CT molecular complexity index is 696. The summed E-state index contributed by atoms with van der Waals surface area (Å²) in [7, 11) is 1.63. The van der Waals surface area contributed by atoms with E-state index in [-0.39, 0.29) is 5.91 Å². The summed E-state index contributed by atoms with van der Waals surface area (Å²) in [6, 6.07) is 15.7. The van der Waals surface area contributed by atoms with Crippen LogP contribution in [0.25, 0.3) is 0 Å². The Kier molecular flexibility index (Phi) is 5.04. The van der Waals surface area contributed by atoms with E-state index in [1.807, 2.05) is 42.2 Å². The van der Waals surface area contributed by atoms with E-state index in [1.165, 1.54) is 11.1 Å². The van der Waals surface area contributed by atoms with Crippen LogP contribution in [-0.2, 0) is 17.8 Å². The number of carbonyl (C=O) groups is 1. The minimum Gasteiger partial charge on any atom is -0.497 e. The summed E-state index contributed by atoms with van der Waals surface area (Å²) in [4.78, 5) is 14.7. The third-order valence-electron chi connectivity index (χ3n) is 4.43. The quantitative estimate of drug-likeness (QED) is 0.845. The monoisotopic (exact) mass is 325 g/mol. The molecule has 4 heteroatoms. The lowest BCUT2D eigenvalue weighted by molar-refractivity contribution is -0.139. The molecule has 0 spiro atoms. The highest BCUT2D eigenvalue weighted by atomic mass is 16.5. The number of methoxy groups -OCH3 is 1. The van der Waals surface area contributed by atoms with E-state index in [0.717, 1.165) is 18.7 Å². The molecule has 1 amide bonds. The van der Waals surface area contributed by atoms with Gasteiger partial charge in [-0.1, -0.05) is 31.2 Å². The highest BCUT2D eigenvalue weighted by Gasteiger charge is 2.27. The first-order chi connectivity index (χ1) is 11.7. The number of benzene rings is 2. The van der Waals surface area contributed by atoms with Crippen molar-refractivity contribution >= 4 is 5.91 Å². The van der Waals surface area contributed by atoms with Gasteiger partial charge in [0.2, 0.25) is 0 Å². The van der Waals surface area contributed by atoms with E-state index in [1.54, 1.807) is 7.11 Å². The smallest absolute Gasteiger partial charge is 0.263 e. The van der Waals surface area contributed by atoms with Crippen LogP contribution in [0.4, 0.5) is 0 Å². The van der Waals surface area contributed by atoms with Gasteiger partial charge in [0.05, 0.1) is 7.11 Å². The fourth-order valence-corrected chi connectivity index (χ4v) is 3.01. The average Bonchev–Trinajstić information content (AvgIpc) is 2.65. The van der Waals surface area contributed by atoms with Gasteiger partial charge in [-0.15, -0.1) is 0 Å². The molecule has 0 saturated heterocycles. The van der Waals surface area contributed by atoms with Gasteiger partial charge in [0.25, 0.3) is 5.91 Å². The Labute approximate surface area is 143 Å². The van der Waals surface area contributed by atoms with Crippen molar-refractivity contribution in [3.63, 3.8) is 0 Å². The normalized spacial score (nSPS) is 14.7. The first-order valence-electron chi connectivity index (χ1n) is 8.37. The van der Waals surface area contributed by atoms with Crippen LogP contribution in [0.3, 0.4) is 0 Å². The van der Waals surface area contributed by atoms with Crippen LogP contribution in [0.15, 0.2) is 48.5 Å². The fraction of sp³-hybridized carbons (Fsp3) is 0.350. The molecule has 2 aromatic rings. The highest BCUT2D eigenvalue weighted by Crippen LogP contribution is 2.22. The molecule has 4 nitrogen and oxygen atoms in total. The number of fused-ring (bicyclic) bond motifs is 1. The summed E-state index contributed by atoms with van der Waals surface area (Å²) < 4.78 is 11.1. The van der Waals surface area contributed by atoms with Crippen molar-refractivity contribution in [1.29, 1.82) is 0 Å². The molecule has 2 aromatic carbocycles. The zero-order valence-electron chi connectivity index (χ0n) is 14.2. The number of nitrogens with zero attached hydrogens (tertiary/aromatic N) is 1. The lowest BCUT2D eigenvalue weighted by Gasteiger charge is -2.31. The van der Waals surface area contributed by atoms with E-state index in [9.17, 15) is 4.79 Å². The second-order valence-electron chi connectivity index (χ2n) is 5.97. The first kappa shape index (κ1) is 16.4. The van der Waals surface area contributed by atoms with Gasteiger partial charge in [-0.2, -0.15) is 0 Å². The van der Waals surface area contributed by atoms with Crippen molar-refractivity contribution in [1.82, 2.24) is 4.90 Å². The molecule has 0 radical (unpaired) electrons. The molecule has 0 fully saturated rings. The SMILES string of the molecule is CC[C@@H](Oc1ccc(OC)cc1)C(=O)N1CCc2ccccc2C1. The molecule has 24 heavy (non-hydrogen) atoms. The van der Waals surface area contributed by atoms with Crippen LogP contribution < -0.4 is 9.47 Å². The molecule has 0 aliphatic carbocycles. The van der Waals surface area contributed by atoms with Crippen molar-refractivity contribution in [2.75, 3.05) is 13.7 Å². The number of hydrogen-bond acceptors (Lipinski definition) is 3. The van der Waals surface area contributed by atoms with Crippen molar-refractivity contribution in [2.24, 2.45) is 0 Å². The molecule has 0 N–H and O–H groups in total. The van der Waals surface area contributed by atoms with Gasteiger partial charge >= 0.3 is 0 Å². The van der Waals surface area contributed by atoms with Crippen LogP contribution in [0.5, 0.6) is 11.5 Å². The van der Waals surface area contributed by atoms with E-state index in [4.69, 9.17) is 9.47 Å². The topological polar surface area (TPSA) is 38.8 Å². The highest BCUT2D eigenvalue weighted by molar-refractivity contribution is 5.81. The maximum absolute atomic E-state index is 12.8. The Morgan fingerprint density at radius 2 is 1.75 bits per heavy atom. The second-order valence-corrected chi connectivity index (χ2v) is 5.97. The molecule has 126 valence electrons. The van der Waals surface area contributed by atoms with Gasteiger partial charge < -0.3 is 14.4 Å². The summed E-state index contributed by atoms with van der Waals surface area (Å²) in [6.07, 6.45) is 1.09. The van der Waals surface area contributed by atoms with Crippen molar-refractivity contribution < 1.29 is 14.3 Å². The van der Waals surface area contributed by atoms with Gasteiger partial charge in [-0.05, 0) is 48.2 Å². The van der Waals surface area contributed by atoms with Crippen molar-refractivity contribution in [3.05, 3.63) is 59.7 Å². The molecule has 1 atom stereocenters. The third-order valence-corrected chi connectivity index (χ3v) is 4.43. The molecule has 3 rings (SSSR count). The molecule has 0 unspecified atom stereocenters. The van der Waals surface area contributed by atoms with Gasteiger partial charge in [-0.3, -0.25) is 4.79 Å². The molecule has 1 heterocycles. The zero-order valence-corrected chi connectivity index (χ0v) is 14.2. The molecular formula is C20H23NO3. The standard InChI is InChI=1S/C20H23NO3/c1-3-19(24-18-10-8-17(23-2)9-11-18)20(22)21-13-12-15-6-4-5-7-16(15)14-21/h4-11,19H,3,12-14H2,1-2H3/t19-/m1/s1. The van der Waals surface area contributed by atoms with E-state index >= 15 is 0 Å².